The van der Waals surface area contributed by atoms with E-state index in [0.29, 0.717) is 17.6 Å². The average molecular weight is 449 g/mol. The number of carbonyl (C=O) groups is 1. The summed E-state index contributed by atoms with van der Waals surface area (Å²) in [7, 11) is 0. The first-order chi connectivity index (χ1) is 15.5. The van der Waals surface area contributed by atoms with Crippen molar-refractivity contribution < 1.29 is 4.79 Å². The van der Waals surface area contributed by atoms with Gasteiger partial charge in [-0.15, -0.1) is 16.8 Å². The van der Waals surface area contributed by atoms with Crippen LogP contribution >= 0.6 is 11.8 Å². The molecule has 3 rings (SSSR count). The van der Waals surface area contributed by atoms with Crippen molar-refractivity contribution in [3.63, 3.8) is 0 Å². The maximum absolute atomic E-state index is 12.8. The molecule has 0 saturated heterocycles. The number of hydrogen-bond donors (Lipinski definition) is 1. The van der Waals surface area contributed by atoms with Crippen molar-refractivity contribution in [2.75, 3.05) is 11.1 Å². The molecule has 0 spiro atoms. The number of para-hydroxylation sites is 1. The third-order valence-electron chi connectivity index (χ3n) is 5.46. The van der Waals surface area contributed by atoms with Crippen LogP contribution in [0.4, 0.5) is 5.69 Å². The molecule has 1 aromatic heterocycles. The number of carbonyl (C=O) groups excluding carboxylic acids is 1. The Balaban J connectivity index is 1.76. The van der Waals surface area contributed by atoms with E-state index in [2.05, 4.69) is 92.3 Å². The number of benzene rings is 2. The molecular weight excluding hydrogens is 416 g/mol. The summed E-state index contributed by atoms with van der Waals surface area (Å²) in [4.78, 5) is 12.8. The Morgan fingerprint density at radius 1 is 1.09 bits per heavy atom. The SMILES string of the molecule is C=CCn1c(SCC(=O)Nc2c(CC)cccc2CC)nnc1-c1ccc(C(C)C)cc1. The summed E-state index contributed by atoms with van der Waals surface area (Å²) in [5, 5.41) is 12.6. The number of nitrogens with zero attached hydrogens (tertiary/aromatic N) is 3. The van der Waals surface area contributed by atoms with Gasteiger partial charge in [-0.3, -0.25) is 9.36 Å². The topological polar surface area (TPSA) is 59.8 Å². The molecule has 0 aliphatic rings. The highest BCUT2D eigenvalue weighted by Crippen LogP contribution is 2.27. The second-order valence-electron chi connectivity index (χ2n) is 7.98. The van der Waals surface area contributed by atoms with Crippen LogP contribution in [0.1, 0.15) is 50.3 Å². The summed E-state index contributed by atoms with van der Waals surface area (Å²) in [6.45, 7) is 13.0. The summed E-state index contributed by atoms with van der Waals surface area (Å²) in [5.74, 6) is 1.49. The minimum atomic E-state index is -0.0402. The van der Waals surface area contributed by atoms with Crippen LogP contribution in [0.2, 0.25) is 0 Å². The smallest absolute Gasteiger partial charge is 0.234 e. The average Bonchev–Trinajstić information content (AvgIpc) is 3.20. The number of anilines is 1. The molecule has 32 heavy (non-hydrogen) atoms. The Morgan fingerprint density at radius 3 is 2.31 bits per heavy atom. The van der Waals surface area contributed by atoms with Crippen molar-refractivity contribution in [2.45, 2.75) is 58.2 Å². The molecule has 0 fully saturated rings. The largest absolute Gasteiger partial charge is 0.325 e. The summed E-state index contributed by atoms with van der Waals surface area (Å²) < 4.78 is 2.01. The number of hydrogen-bond acceptors (Lipinski definition) is 4. The quantitative estimate of drug-likeness (QED) is 0.300. The molecule has 1 N–H and O–H groups in total. The fraction of sp³-hybridized carbons (Fsp3) is 0.346. The van der Waals surface area contributed by atoms with Crippen molar-refractivity contribution in [2.24, 2.45) is 0 Å². The first kappa shape index (κ1) is 23.8. The lowest BCUT2D eigenvalue weighted by Crippen LogP contribution is -2.17. The van der Waals surface area contributed by atoms with Crippen molar-refractivity contribution in [3.05, 3.63) is 71.8 Å². The summed E-state index contributed by atoms with van der Waals surface area (Å²) >= 11 is 1.39. The lowest BCUT2D eigenvalue weighted by atomic mass is 10.0. The highest BCUT2D eigenvalue weighted by molar-refractivity contribution is 7.99. The maximum Gasteiger partial charge on any atom is 0.234 e. The van der Waals surface area contributed by atoms with E-state index in [-0.39, 0.29) is 11.7 Å². The van der Waals surface area contributed by atoms with Crippen molar-refractivity contribution >= 4 is 23.4 Å². The van der Waals surface area contributed by atoms with Crippen LogP contribution in [0.5, 0.6) is 0 Å². The number of nitrogens with one attached hydrogen (secondary N) is 1. The van der Waals surface area contributed by atoms with Gasteiger partial charge < -0.3 is 5.32 Å². The fourth-order valence-electron chi connectivity index (χ4n) is 3.63. The molecular formula is C26H32N4OS. The fourth-order valence-corrected chi connectivity index (χ4v) is 4.38. The predicted molar refractivity (Wildman–Crippen MR) is 134 cm³/mol. The van der Waals surface area contributed by atoms with Gasteiger partial charge in [0.05, 0.1) is 5.75 Å². The third kappa shape index (κ3) is 5.49. The second-order valence-corrected chi connectivity index (χ2v) is 8.92. The minimum absolute atomic E-state index is 0.0402. The van der Waals surface area contributed by atoms with Crippen LogP contribution in [0.25, 0.3) is 11.4 Å². The lowest BCUT2D eigenvalue weighted by molar-refractivity contribution is -0.113. The predicted octanol–water partition coefficient (Wildman–Crippen LogP) is 6.11. The van der Waals surface area contributed by atoms with Crippen LogP contribution in [0, 0.1) is 0 Å². The molecule has 0 saturated carbocycles. The second kappa shape index (κ2) is 11.1. The van der Waals surface area contributed by atoms with Crippen LogP contribution in [0.15, 0.2) is 60.3 Å². The molecule has 1 amide bonds. The standard InChI is InChI=1S/C26H32N4OS/c1-6-16-30-25(22-14-12-21(13-15-22)18(4)5)28-29-26(30)32-17-23(31)27-24-19(7-2)10-9-11-20(24)8-3/h6,9-15,18H,1,7-8,16-17H2,2-5H3,(H,27,31). The van der Waals surface area contributed by atoms with Gasteiger partial charge in [0.2, 0.25) is 5.91 Å². The van der Waals surface area contributed by atoms with Gasteiger partial charge in [0.1, 0.15) is 0 Å². The van der Waals surface area contributed by atoms with E-state index in [1.165, 1.54) is 17.3 Å². The van der Waals surface area contributed by atoms with Gasteiger partial charge in [0.25, 0.3) is 0 Å². The molecule has 168 valence electrons. The van der Waals surface area contributed by atoms with E-state index in [0.717, 1.165) is 41.0 Å². The maximum atomic E-state index is 12.8. The van der Waals surface area contributed by atoms with Crippen molar-refractivity contribution in [1.29, 1.82) is 0 Å². The Bertz CT molecular complexity index is 1050. The van der Waals surface area contributed by atoms with E-state index in [1.807, 2.05) is 10.6 Å². The molecule has 0 unspecified atom stereocenters. The Morgan fingerprint density at radius 2 is 1.75 bits per heavy atom. The molecule has 0 bridgehead atoms. The van der Waals surface area contributed by atoms with Crippen LogP contribution in [-0.4, -0.2) is 26.4 Å². The van der Waals surface area contributed by atoms with Crippen LogP contribution in [-0.2, 0) is 24.2 Å². The van der Waals surface area contributed by atoms with Gasteiger partial charge >= 0.3 is 0 Å². The molecule has 2 aromatic carbocycles. The Hall–Kier alpha value is -2.86. The summed E-state index contributed by atoms with van der Waals surface area (Å²) in [6, 6.07) is 14.6. The highest BCUT2D eigenvalue weighted by atomic mass is 32.2. The molecule has 0 aliphatic carbocycles. The van der Waals surface area contributed by atoms with Gasteiger partial charge in [-0.25, -0.2) is 0 Å². The molecule has 5 nitrogen and oxygen atoms in total. The lowest BCUT2D eigenvalue weighted by Gasteiger charge is -2.14. The van der Waals surface area contributed by atoms with Gasteiger partial charge in [0, 0.05) is 17.8 Å². The number of thioether (sulfide) groups is 1. The van der Waals surface area contributed by atoms with Crippen LogP contribution in [0.3, 0.4) is 0 Å². The summed E-state index contributed by atoms with van der Waals surface area (Å²) in [5.41, 5.74) is 5.55. The molecule has 0 aliphatic heterocycles. The van der Waals surface area contributed by atoms with E-state index < -0.39 is 0 Å². The van der Waals surface area contributed by atoms with Crippen molar-refractivity contribution in [3.8, 4) is 11.4 Å². The van der Waals surface area contributed by atoms with Gasteiger partial charge in [0.15, 0.2) is 11.0 Å². The number of rotatable bonds is 10. The van der Waals surface area contributed by atoms with Crippen LogP contribution < -0.4 is 5.32 Å². The zero-order chi connectivity index (χ0) is 23.1. The monoisotopic (exact) mass is 448 g/mol. The van der Waals surface area contributed by atoms with Crippen molar-refractivity contribution in [1.82, 2.24) is 14.8 Å². The van der Waals surface area contributed by atoms with Gasteiger partial charge in [-0.05, 0) is 35.4 Å². The normalized spacial score (nSPS) is 11.0. The number of amides is 1. The van der Waals surface area contributed by atoms with E-state index >= 15 is 0 Å². The Labute approximate surface area is 195 Å². The molecule has 0 radical (unpaired) electrons. The summed E-state index contributed by atoms with van der Waals surface area (Å²) in [6.07, 6.45) is 3.58. The minimum Gasteiger partial charge on any atom is -0.325 e. The Kier molecular flexibility index (Phi) is 8.28. The van der Waals surface area contributed by atoms with Gasteiger partial charge in [-0.2, -0.15) is 0 Å². The number of allylic oxidation sites excluding steroid dienone is 1. The number of aromatic nitrogens is 3. The van der Waals surface area contributed by atoms with Gasteiger partial charge in [-0.1, -0.05) is 88.0 Å². The first-order valence-electron chi connectivity index (χ1n) is 11.2. The zero-order valence-corrected chi connectivity index (χ0v) is 20.2. The highest BCUT2D eigenvalue weighted by Gasteiger charge is 2.16. The van der Waals surface area contributed by atoms with E-state index in [4.69, 9.17) is 0 Å². The molecule has 0 atom stereocenters. The van der Waals surface area contributed by atoms with E-state index in [9.17, 15) is 4.79 Å². The number of aryl methyl sites for hydroxylation is 2. The molecule has 1 heterocycles. The first-order valence-corrected chi connectivity index (χ1v) is 12.1. The molecule has 3 aromatic rings. The zero-order valence-electron chi connectivity index (χ0n) is 19.4. The third-order valence-corrected chi connectivity index (χ3v) is 6.43. The van der Waals surface area contributed by atoms with E-state index in [1.54, 1.807) is 0 Å². The molecule has 6 heteroatoms.